The summed E-state index contributed by atoms with van der Waals surface area (Å²) in [6.07, 6.45) is 2.16. The van der Waals surface area contributed by atoms with Gasteiger partial charge in [-0.15, -0.1) is 0 Å². The maximum absolute atomic E-state index is 13.1. The molecule has 0 aromatic heterocycles. The van der Waals surface area contributed by atoms with Gasteiger partial charge in [-0.1, -0.05) is 12.1 Å². The van der Waals surface area contributed by atoms with Gasteiger partial charge in [0.25, 0.3) is 0 Å². The molecule has 162 valence electrons. The quantitative estimate of drug-likeness (QED) is 0.729. The van der Waals surface area contributed by atoms with Crippen molar-refractivity contribution in [2.75, 3.05) is 39.0 Å². The molecule has 0 saturated carbocycles. The second-order valence-electron chi connectivity index (χ2n) is 7.90. The predicted octanol–water partition coefficient (Wildman–Crippen LogP) is 2.97. The second-order valence-corrected chi connectivity index (χ2v) is 9.83. The van der Waals surface area contributed by atoms with Crippen molar-refractivity contribution < 1.29 is 17.6 Å². The lowest BCUT2D eigenvalue weighted by Crippen LogP contribution is -2.43. The average molecular weight is 434 g/mol. The molecule has 1 aliphatic heterocycles. The summed E-state index contributed by atoms with van der Waals surface area (Å²) in [4.78, 5) is 14.9. The number of nitrogens with zero attached hydrogens (tertiary/aromatic N) is 2. The lowest BCUT2D eigenvalue weighted by atomic mass is 9.98. The van der Waals surface area contributed by atoms with Gasteiger partial charge in [0.1, 0.15) is 5.82 Å². The molecule has 0 radical (unpaired) electrons. The van der Waals surface area contributed by atoms with Crippen LogP contribution in [-0.2, 0) is 21.2 Å². The van der Waals surface area contributed by atoms with Crippen molar-refractivity contribution in [3.05, 3.63) is 59.9 Å². The summed E-state index contributed by atoms with van der Waals surface area (Å²) in [5.74, 6) is -1.10. The van der Waals surface area contributed by atoms with Crippen LogP contribution in [0, 0.1) is 11.7 Å². The fraction of sp³-hybridized carbons (Fsp3) is 0.409. The topological polar surface area (TPSA) is 69.7 Å². The number of carbonyl (C=O) groups excluding carboxylic acids is 1. The normalized spacial score (nSPS) is 17.8. The minimum Gasteiger partial charge on any atom is -0.326 e. The van der Waals surface area contributed by atoms with E-state index in [0.717, 1.165) is 25.1 Å². The van der Waals surface area contributed by atoms with Crippen LogP contribution >= 0.6 is 0 Å². The maximum Gasteiger partial charge on any atom is 0.243 e. The van der Waals surface area contributed by atoms with Gasteiger partial charge in [0.15, 0.2) is 0 Å². The van der Waals surface area contributed by atoms with Gasteiger partial charge in [-0.2, -0.15) is 4.31 Å². The van der Waals surface area contributed by atoms with Crippen molar-refractivity contribution in [3.63, 3.8) is 0 Å². The van der Waals surface area contributed by atoms with Gasteiger partial charge in [0.2, 0.25) is 15.9 Å². The zero-order valence-corrected chi connectivity index (χ0v) is 18.2. The van der Waals surface area contributed by atoms with E-state index in [9.17, 15) is 17.6 Å². The number of hydrogen-bond donors (Lipinski definition) is 1. The molecule has 2 aromatic rings. The number of amides is 1. The largest absolute Gasteiger partial charge is 0.326 e. The van der Waals surface area contributed by atoms with Gasteiger partial charge < -0.3 is 10.2 Å². The summed E-state index contributed by atoms with van der Waals surface area (Å²) in [6, 6.07) is 12.5. The first-order valence-electron chi connectivity index (χ1n) is 10.1. The zero-order chi connectivity index (χ0) is 21.7. The number of anilines is 1. The standard InChI is InChI=1S/C22H28FN3O3S/c1-25(2)15-13-17-5-9-20(10-6-17)24-22(27)18-4-3-14-26(16-18)30(28,29)21-11-7-19(23)8-12-21/h5-12,18H,3-4,13-16H2,1-2H3,(H,24,27). The van der Waals surface area contributed by atoms with Crippen LogP contribution in [0.25, 0.3) is 0 Å². The third-order valence-corrected chi connectivity index (χ3v) is 7.15. The summed E-state index contributed by atoms with van der Waals surface area (Å²) in [7, 11) is 0.298. The number of piperidine rings is 1. The molecule has 1 unspecified atom stereocenters. The molecule has 1 amide bonds. The van der Waals surface area contributed by atoms with Crippen molar-refractivity contribution in [2.45, 2.75) is 24.2 Å². The smallest absolute Gasteiger partial charge is 0.243 e. The Hall–Kier alpha value is -2.29. The number of benzene rings is 2. The van der Waals surface area contributed by atoms with Gasteiger partial charge in [-0.25, -0.2) is 12.8 Å². The Balaban J connectivity index is 1.62. The second kappa shape index (κ2) is 9.68. The van der Waals surface area contributed by atoms with Gasteiger partial charge in [0, 0.05) is 25.3 Å². The van der Waals surface area contributed by atoms with Crippen LogP contribution in [0.2, 0.25) is 0 Å². The van der Waals surface area contributed by atoms with Crippen LogP contribution in [0.15, 0.2) is 53.4 Å². The first-order valence-corrected chi connectivity index (χ1v) is 11.5. The molecular weight excluding hydrogens is 405 g/mol. The minimum absolute atomic E-state index is 0.0401. The van der Waals surface area contributed by atoms with Crippen LogP contribution in [0.5, 0.6) is 0 Å². The highest BCUT2D eigenvalue weighted by atomic mass is 32.2. The molecule has 1 fully saturated rings. The molecule has 30 heavy (non-hydrogen) atoms. The fourth-order valence-corrected chi connectivity index (χ4v) is 5.01. The Bertz CT molecular complexity index is 960. The van der Waals surface area contributed by atoms with E-state index in [-0.39, 0.29) is 17.3 Å². The van der Waals surface area contributed by atoms with E-state index in [4.69, 9.17) is 0 Å². The van der Waals surface area contributed by atoms with Crippen LogP contribution < -0.4 is 5.32 Å². The number of nitrogens with one attached hydrogen (secondary N) is 1. The van der Waals surface area contributed by atoms with Gasteiger partial charge in [0.05, 0.1) is 10.8 Å². The monoisotopic (exact) mass is 433 g/mol. The lowest BCUT2D eigenvalue weighted by molar-refractivity contribution is -0.120. The molecular formula is C22H28FN3O3S. The van der Waals surface area contributed by atoms with Gasteiger partial charge >= 0.3 is 0 Å². The van der Waals surface area contributed by atoms with Crippen molar-refractivity contribution >= 4 is 21.6 Å². The molecule has 1 heterocycles. The van der Waals surface area contributed by atoms with Crippen LogP contribution in [0.3, 0.4) is 0 Å². The van der Waals surface area contributed by atoms with E-state index in [1.54, 1.807) is 0 Å². The van der Waals surface area contributed by atoms with Crippen molar-refractivity contribution in [2.24, 2.45) is 5.92 Å². The number of rotatable bonds is 7. The molecule has 2 aromatic carbocycles. The summed E-state index contributed by atoms with van der Waals surface area (Å²) in [5.41, 5.74) is 1.89. The van der Waals surface area contributed by atoms with Crippen molar-refractivity contribution in [1.82, 2.24) is 9.21 Å². The van der Waals surface area contributed by atoms with Crippen LogP contribution in [0.1, 0.15) is 18.4 Å². The number of hydrogen-bond acceptors (Lipinski definition) is 4. The number of likely N-dealkylation sites (N-methyl/N-ethyl adjacent to an activating group) is 1. The first kappa shape index (κ1) is 22.4. The number of halogens is 1. The molecule has 8 heteroatoms. The van der Waals surface area contributed by atoms with Crippen molar-refractivity contribution in [1.29, 1.82) is 0 Å². The van der Waals surface area contributed by atoms with Gasteiger partial charge in [-0.05, 0) is 75.3 Å². The molecule has 6 nitrogen and oxygen atoms in total. The highest BCUT2D eigenvalue weighted by Crippen LogP contribution is 2.25. The fourth-order valence-electron chi connectivity index (χ4n) is 3.48. The Kier molecular flexibility index (Phi) is 7.23. The highest BCUT2D eigenvalue weighted by molar-refractivity contribution is 7.89. The summed E-state index contributed by atoms with van der Waals surface area (Å²) in [5, 5.41) is 2.90. The summed E-state index contributed by atoms with van der Waals surface area (Å²) >= 11 is 0. The Morgan fingerprint density at radius 2 is 1.80 bits per heavy atom. The third-order valence-electron chi connectivity index (χ3n) is 5.28. The van der Waals surface area contributed by atoms with E-state index in [2.05, 4.69) is 10.2 Å². The molecule has 3 rings (SSSR count). The van der Waals surface area contributed by atoms with E-state index < -0.39 is 21.8 Å². The van der Waals surface area contributed by atoms with E-state index in [0.29, 0.717) is 25.1 Å². The van der Waals surface area contributed by atoms with E-state index in [1.807, 2.05) is 38.4 Å². The molecule has 0 spiro atoms. The average Bonchev–Trinajstić information content (AvgIpc) is 2.73. The minimum atomic E-state index is -3.75. The molecule has 0 aliphatic carbocycles. The lowest BCUT2D eigenvalue weighted by Gasteiger charge is -2.31. The number of carbonyl (C=O) groups is 1. The third kappa shape index (κ3) is 5.65. The van der Waals surface area contributed by atoms with E-state index >= 15 is 0 Å². The number of sulfonamides is 1. The first-order chi connectivity index (χ1) is 14.3. The Morgan fingerprint density at radius 1 is 1.13 bits per heavy atom. The summed E-state index contributed by atoms with van der Waals surface area (Å²) < 4.78 is 40.1. The zero-order valence-electron chi connectivity index (χ0n) is 17.3. The van der Waals surface area contributed by atoms with Crippen LogP contribution in [-0.4, -0.2) is 57.3 Å². The maximum atomic E-state index is 13.1. The van der Waals surface area contributed by atoms with Crippen LogP contribution in [0.4, 0.5) is 10.1 Å². The molecule has 1 aliphatic rings. The molecule has 0 bridgehead atoms. The molecule has 1 atom stereocenters. The Morgan fingerprint density at radius 3 is 2.43 bits per heavy atom. The molecule has 1 saturated heterocycles. The predicted molar refractivity (Wildman–Crippen MR) is 115 cm³/mol. The van der Waals surface area contributed by atoms with Crippen molar-refractivity contribution in [3.8, 4) is 0 Å². The summed E-state index contributed by atoms with van der Waals surface area (Å²) in [6.45, 7) is 1.42. The highest BCUT2D eigenvalue weighted by Gasteiger charge is 2.33. The molecule has 1 N–H and O–H groups in total. The SMILES string of the molecule is CN(C)CCc1ccc(NC(=O)C2CCCN(S(=O)(=O)c3ccc(F)cc3)C2)cc1. The Labute approximate surface area is 177 Å². The van der Waals surface area contributed by atoms with E-state index in [1.165, 1.54) is 22.0 Å². The van der Waals surface area contributed by atoms with Gasteiger partial charge in [-0.3, -0.25) is 4.79 Å².